The van der Waals surface area contributed by atoms with Gasteiger partial charge in [-0.15, -0.1) is 0 Å². The molecular formula is C22H35N3O. The molecule has 0 bridgehead atoms. The Balaban J connectivity index is 1.44. The average molecular weight is 358 g/mol. The number of rotatable bonds is 6. The highest BCUT2D eigenvalue weighted by molar-refractivity contribution is 5.90. The first kappa shape index (κ1) is 19.4. The van der Waals surface area contributed by atoms with Crippen LogP contribution < -0.4 is 10.6 Å². The highest BCUT2D eigenvalue weighted by Gasteiger charge is 2.22. The molecule has 4 nitrogen and oxygen atoms in total. The molecule has 3 rings (SSSR count). The molecule has 2 heterocycles. The molecule has 2 fully saturated rings. The number of carbonyl (C=O) groups excluding carboxylic acids is 1. The van der Waals surface area contributed by atoms with Crippen LogP contribution >= 0.6 is 0 Å². The zero-order valence-electron chi connectivity index (χ0n) is 16.3. The van der Waals surface area contributed by atoms with Crippen LogP contribution in [0.2, 0.25) is 0 Å². The summed E-state index contributed by atoms with van der Waals surface area (Å²) in [5.41, 5.74) is 2.26. The van der Waals surface area contributed by atoms with E-state index < -0.39 is 0 Å². The van der Waals surface area contributed by atoms with Gasteiger partial charge in [-0.2, -0.15) is 0 Å². The van der Waals surface area contributed by atoms with Crippen LogP contribution in [0.3, 0.4) is 0 Å². The van der Waals surface area contributed by atoms with Crippen LogP contribution in [0.5, 0.6) is 0 Å². The number of hydrogen-bond acceptors (Lipinski definition) is 3. The van der Waals surface area contributed by atoms with Gasteiger partial charge in [0.25, 0.3) is 0 Å². The van der Waals surface area contributed by atoms with Crippen molar-refractivity contribution in [3.8, 4) is 0 Å². The molecule has 0 saturated carbocycles. The molecular weight excluding hydrogens is 322 g/mol. The van der Waals surface area contributed by atoms with E-state index in [9.17, 15) is 4.79 Å². The molecule has 2 aliphatic heterocycles. The lowest BCUT2D eigenvalue weighted by atomic mass is 9.85. The number of benzene rings is 1. The number of anilines is 1. The Morgan fingerprint density at radius 1 is 1.15 bits per heavy atom. The maximum Gasteiger partial charge on any atom is 0.224 e. The minimum Gasteiger partial charge on any atom is -0.326 e. The van der Waals surface area contributed by atoms with Gasteiger partial charge in [0, 0.05) is 18.7 Å². The Morgan fingerprint density at radius 3 is 2.54 bits per heavy atom. The Hall–Kier alpha value is -1.39. The summed E-state index contributed by atoms with van der Waals surface area (Å²) in [6.45, 7) is 7.85. The first-order valence-corrected chi connectivity index (χ1v) is 10.5. The van der Waals surface area contributed by atoms with E-state index in [1.165, 1.54) is 57.2 Å². The summed E-state index contributed by atoms with van der Waals surface area (Å²) >= 11 is 0. The van der Waals surface area contributed by atoms with E-state index >= 15 is 0 Å². The molecule has 1 amide bonds. The van der Waals surface area contributed by atoms with Crippen LogP contribution in [0.4, 0.5) is 5.69 Å². The summed E-state index contributed by atoms with van der Waals surface area (Å²) in [5.74, 6) is 1.21. The van der Waals surface area contributed by atoms with Gasteiger partial charge in [0.1, 0.15) is 0 Å². The first-order valence-electron chi connectivity index (χ1n) is 10.5. The molecule has 1 aromatic rings. The van der Waals surface area contributed by atoms with Crippen molar-refractivity contribution in [3.05, 3.63) is 29.8 Å². The molecule has 0 aliphatic carbocycles. The zero-order valence-corrected chi connectivity index (χ0v) is 16.3. The van der Waals surface area contributed by atoms with Crippen molar-refractivity contribution >= 4 is 11.6 Å². The standard InChI is InChI=1S/C22H35N3O/c1-18(20-7-6-12-23-16-20)15-22(26)24-21-10-8-19(9-11-21)17-25-13-4-2-3-5-14-25/h8-11,18,20,23H,2-7,12-17H2,1H3,(H,24,26). The summed E-state index contributed by atoms with van der Waals surface area (Å²) in [6.07, 6.45) is 8.48. The number of nitrogens with zero attached hydrogens (tertiary/aromatic N) is 1. The van der Waals surface area contributed by atoms with E-state index in [-0.39, 0.29) is 5.91 Å². The number of hydrogen-bond donors (Lipinski definition) is 2. The molecule has 2 N–H and O–H groups in total. The van der Waals surface area contributed by atoms with Crippen molar-refractivity contribution in [2.24, 2.45) is 11.8 Å². The maximum atomic E-state index is 12.4. The van der Waals surface area contributed by atoms with E-state index in [0.717, 1.165) is 25.3 Å². The van der Waals surface area contributed by atoms with Crippen molar-refractivity contribution < 1.29 is 4.79 Å². The fourth-order valence-electron chi connectivity index (χ4n) is 4.28. The Bertz CT molecular complexity index is 543. The number of nitrogens with one attached hydrogen (secondary N) is 2. The minimum atomic E-state index is 0.142. The van der Waals surface area contributed by atoms with Gasteiger partial charge in [-0.3, -0.25) is 9.69 Å². The molecule has 2 unspecified atom stereocenters. The normalized spacial score (nSPS) is 23.2. The van der Waals surface area contributed by atoms with E-state index in [1.807, 2.05) is 0 Å². The van der Waals surface area contributed by atoms with Crippen LogP contribution in [0.1, 0.15) is 57.4 Å². The van der Waals surface area contributed by atoms with E-state index in [0.29, 0.717) is 18.3 Å². The lowest BCUT2D eigenvalue weighted by Crippen LogP contribution is -2.34. The Labute approximate surface area is 158 Å². The van der Waals surface area contributed by atoms with Crippen LogP contribution in [0.15, 0.2) is 24.3 Å². The SMILES string of the molecule is CC(CC(=O)Nc1ccc(CN2CCCCCC2)cc1)C1CCCNC1. The van der Waals surface area contributed by atoms with Crippen molar-refractivity contribution in [1.82, 2.24) is 10.2 Å². The third-order valence-electron chi connectivity index (χ3n) is 5.99. The van der Waals surface area contributed by atoms with Gasteiger partial charge >= 0.3 is 0 Å². The maximum absolute atomic E-state index is 12.4. The van der Waals surface area contributed by atoms with Crippen LogP contribution in [0, 0.1) is 11.8 Å². The summed E-state index contributed by atoms with van der Waals surface area (Å²) in [5, 5.41) is 6.53. The molecule has 2 saturated heterocycles. The van der Waals surface area contributed by atoms with Gasteiger partial charge in [0.2, 0.25) is 5.91 Å². The van der Waals surface area contributed by atoms with Gasteiger partial charge in [-0.25, -0.2) is 0 Å². The molecule has 0 spiro atoms. The summed E-state index contributed by atoms with van der Waals surface area (Å²) in [4.78, 5) is 14.9. The second-order valence-electron chi connectivity index (χ2n) is 8.22. The molecule has 26 heavy (non-hydrogen) atoms. The highest BCUT2D eigenvalue weighted by Crippen LogP contribution is 2.23. The van der Waals surface area contributed by atoms with Gasteiger partial charge in [-0.1, -0.05) is 31.9 Å². The predicted octanol–water partition coefficient (Wildman–Crippen LogP) is 4.03. The van der Waals surface area contributed by atoms with E-state index in [2.05, 4.69) is 46.7 Å². The summed E-state index contributed by atoms with van der Waals surface area (Å²) in [7, 11) is 0. The second-order valence-corrected chi connectivity index (χ2v) is 8.22. The zero-order chi connectivity index (χ0) is 18.2. The number of likely N-dealkylation sites (tertiary alicyclic amines) is 1. The van der Waals surface area contributed by atoms with Gasteiger partial charge in [0.05, 0.1) is 0 Å². The van der Waals surface area contributed by atoms with Gasteiger partial charge in [0.15, 0.2) is 0 Å². The largest absolute Gasteiger partial charge is 0.326 e. The van der Waals surface area contributed by atoms with Crippen molar-refractivity contribution in [2.45, 2.75) is 58.4 Å². The first-order chi connectivity index (χ1) is 12.7. The summed E-state index contributed by atoms with van der Waals surface area (Å²) in [6, 6.07) is 8.43. The van der Waals surface area contributed by atoms with Crippen molar-refractivity contribution in [3.63, 3.8) is 0 Å². The summed E-state index contributed by atoms with van der Waals surface area (Å²) < 4.78 is 0. The smallest absolute Gasteiger partial charge is 0.224 e. The van der Waals surface area contributed by atoms with Crippen LogP contribution in [0.25, 0.3) is 0 Å². The topological polar surface area (TPSA) is 44.4 Å². The fraction of sp³-hybridized carbons (Fsp3) is 0.682. The van der Waals surface area contributed by atoms with Crippen LogP contribution in [-0.4, -0.2) is 37.0 Å². The van der Waals surface area contributed by atoms with Crippen LogP contribution in [-0.2, 0) is 11.3 Å². The fourth-order valence-corrected chi connectivity index (χ4v) is 4.28. The lowest BCUT2D eigenvalue weighted by molar-refractivity contribution is -0.117. The molecule has 4 heteroatoms. The second kappa shape index (κ2) is 10.1. The lowest BCUT2D eigenvalue weighted by Gasteiger charge is -2.28. The monoisotopic (exact) mass is 357 g/mol. The number of amides is 1. The van der Waals surface area contributed by atoms with Crippen molar-refractivity contribution in [2.75, 3.05) is 31.5 Å². The Kier molecular flexibility index (Phi) is 7.51. The molecule has 2 atom stereocenters. The number of carbonyl (C=O) groups is 1. The highest BCUT2D eigenvalue weighted by atomic mass is 16.1. The molecule has 0 radical (unpaired) electrons. The third-order valence-corrected chi connectivity index (χ3v) is 5.99. The molecule has 144 valence electrons. The number of piperidine rings is 1. The van der Waals surface area contributed by atoms with Gasteiger partial charge in [-0.05, 0) is 81.4 Å². The predicted molar refractivity (Wildman–Crippen MR) is 108 cm³/mol. The third kappa shape index (κ3) is 6.10. The molecule has 0 aromatic heterocycles. The molecule has 1 aromatic carbocycles. The molecule has 2 aliphatic rings. The van der Waals surface area contributed by atoms with E-state index in [1.54, 1.807) is 0 Å². The Morgan fingerprint density at radius 2 is 1.88 bits per heavy atom. The van der Waals surface area contributed by atoms with Gasteiger partial charge < -0.3 is 10.6 Å². The van der Waals surface area contributed by atoms with E-state index in [4.69, 9.17) is 0 Å². The average Bonchev–Trinajstić information content (AvgIpc) is 2.92. The minimum absolute atomic E-state index is 0.142. The quantitative estimate of drug-likeness (QED) is 0.808. The van der Waals surface area contributed by atoms with Crippen molar-refractivity contribution in [1.29, 1.82) is 0 Å².